The van der Waals surface area contributed by atoms with Crippen LogP contribution in [0.25, 0.3) is 10.9 Å². The molecule has 0 saturated heterocycles. The standard InChI is InChI=1S/C15H17N5S.H3NO2S/c1-8-6-5-7-12-13(8)14(18-10(3)17-12)16-9(2)15-20-19-11(4)21-15;1-4(2)3/h5-7,9H,1-4H3,(H,16,17,18);1H2,(H,2,3)/p-1. The second-order valence-electron chi connectivity index (χ2n) is 5.37. The number of aryl methyl sites for hydroxylation is 3. The van der Waals surface area contributed by atoms with Gasteiger partial charge in [0.2, 0.25) is 0 Å². The average Bonchev–Trinajstić information content (AvgIpc) is 2.93. The number of benzene rings is 1. The fourth-order valence-electron chi connectivity index (χ4n) is 2.33. The number of anilines is 1. The average molecular weight is 379 g/mol. The Kier molecular flexibility index (Phi) is 6.48. The first-order valence-corrected chi connectivity index (χ1v) is 9.37. The predicted molar refractivity (Wildman–Crippen MR) is 98.8 cm³/mol. The van der Waals surface area contributed by atoms with E-state index >= 15 is 0 Å². The lowest BCUT2D eigenvalue weighted by atomic mass is 10.1. The number of fused-ring (bicyclic) bond motifs is 1. The predicted octanol–water partition coefficient (Wildman–Crippen LogP) is 2.32. The molecule has 0 aliphatic carbocycles. The molecule has 2 heterocycles. The van der Waals surface area contributed by atoms with Crippen molar-refractivity contribution >= 4 is 39.3 Å². The van der Waals surface area contributed by atoms with E-state index in [9.17, 15) is 0 Å². The molecular weight excluding hydrogens is 360 g/mol. The van der Waals surface area contributed by atoms with E-state index in [1.807, 2.05) is 26.0 Å². The molecule has 0 radical (unpaired) electrons. The Morgan fingerprint density at radius 3 is 2.52 bits per heavy atom. The number of nitrogens with zero attached hydrogens (tertiary/aromatic N) is 4. The Morgan fingerprint density at radius 1 is 1.24 bits per heavy atom. The summed E-state index contributed by atoms with van der Waals surface area (Å²) >= 11 is -0.760. The van der Waals surface area contributed by atoms with Crippen molar-refractivity contribution in [1.29, 1.82) is 0 Å². The van der Waals surface area contributed by atoms with Crippen molar-refractivity contribution in [1.82, 2.24) is 20.2 Å². The molecular formula is C15H19N6O2S2-. The van der Waals surface area contributed by atoms with Gasteiger partial charge in [-0.25, -0.2) is 9.97 Å². The summed E-state index contributed by atoms with van der Waals surface area (Å²) in [7, 11) is 0. The second kappa shape index (κ2) is 8.39. The molecule has 3 rings (SSSR count). The summed E-state index contributed by atoms with van der Waals surface area (Å²) in [6, 6.07) is 6.17. The molecule has 2 aromatic heterocycles. The molecule has 0 aliphatic rings. The fraction of sp³-hybridized carbons (Fsp3) is 0.333. The third kappa shape index (κ3) is 5.23. The van der Waals surface area contributed by atoms with Gasteiger partial charge in [0.1, 0.15) is 21.7 Å². The third-order valence-corrected chi connectivity index (χ3v) is 4.33. The number of rotatable bonds is 3. The molecule has 0 aliphatic heterocycles. The minimum Gasteiger partial charge on any atom is -0.760 e. The van der Waals surface area contributed by atoms with Crippen LogP contribution in [0.1, 0.15) is 34.4 Å². The summed E-state index contributed by atoms with van der Waals surface area (Å²) in [4.78, 5) is 9.07. The maximum Gasteiger partial charge on any atom is 0.139 e. The number of nitrogens with two attached hydrogens (primary N) is 1. The highest BCUT2D eigenvalue weighted by Gasteiger charge is 2.14. The Morgan fingerprint density at radius 2 is 1.92 bits per heavy atom. The van der Waals surface area contributed by atoms with Gasteiger partial charge in [-0.2, -0.15) is 0 Å². The summed E-state index contributed by atoms with van der Waals surface area (Å²) in [5.41, 5.74) is 2.13. The maximum absolute atomic E-state index is 8.78. The Bertz CT molecular complexity index is 895. The van der Waals surface area contributed by atoms with Crippen LogP contribution in [0.5, 0.6) is 0 Å². The minimum absolute atomic E-state index is 0.0632. The first-order valence-electron chi connectivity index (χ1n) is 7.42. The monoisotopic (exact) mass is 379 g/mol. The molecule has 1 aromatic carbocycles. The van der Waals surface area contributed by atoms with Crippen LogP contribution in [0.3, 0.4) is 0 Å². The van der Waals surface area contributed by atoms with E-state index in [4.69, 9.17) is 8.76 Å². The molecule has 0 amide bonds. The molecule has 25 heavy (non-hydrogen) atoms. The van der Waals surface area contributed by atoms with Gasteiger partial charge in [0.25, 0.3) is 0 Å². The maximum atomic E-state index is 8.78. The number of nitrogens with one attached hydrogen (secondary N) is 1. The van der Waals surface area contributed by atoms with Crippen molar-refractivity contribution in [2.24, 2.45) is 5.14 Å². The van der Waals surface area contributed by atoms with E-state index in [0.29, 0.717) is 0 Å². The SMILES string of the molecule is Cc1nc(NC(C)c2nnc(C)s2)c2c(C)cccc2n1.NS(=O)[O-]. The van der Waals surface area contributed by atoms with Crippen molar-refractivity contribution < 1.29 is 8.76 Å². The highest BCUT2D eigenvalue weighted by Crippen LogP contribution is 2.28. The van der Waals surface area contributed by atoms with Gasteiger partial charge in [-0.1, -0.05) is 23.5 Å². The molecule has 0 fully saturated rings. The first kappa shape index (κ1) is 19.3. The summed E-state index contributed by atoms with van der Waals surface area (Å²) in [5, 5.41) is 18.8. The Hall–Kier alpha value is -2.01. The zero-order chi connectivity index (χ0) is 18.6. The fourth-order valence-corrected chi connectivity index (χ4v) is 3.03. The van der Waals surface area contributed by atoms with Crippen molar-refractivity contribution in [3.05, 3.63) is 39.6 Å². The van der Waals surface area contributed by atoms with Gasteiger partial charge in [0, 0.05) is 16.7 Å². The summed E-state index contributed by atoms with van der Waals surface area (Å²) < 4.78 is 17.6. The van der Waals surface area contributed by atoms with Crippen molar-refractivity contribution in [3.63, 3.8) is 0 Å². The lowest BCUT2D eigenvalue weighted by molar-refractivity contribution is 0.539. The van der Waals surface area contributed by atoms with Crippen molar-refractivity contribution in [2.45, 2.75) is 33.7 Å². The number of aromatic nitrogens is 4. The molecule has 3 N–H and O–H groups in total. The zero-order valence-electron chi connectivity index (χ0n) is 14.3. The summed E-state index contributed by atoms with van der Waals surface area (Å²) in [5.74, 6) is 1.62. The summed E-state index contributed by atoms with van der Waals surface area (Å²) in [6.07, 6.45) is 0. The van der Waals surface area contributed by atoms with E-state index in [-0.39, 0.29) is 6.04 Å². The first-order chi connectivity index (χ1) is 11.8. The molecule has 3 aromatic rings. The molecule has 2 atom stereocenters. The highest BCUT2D eigenvalue weighted by atomic mass is 32.2. The smallest absolute Gasteiger partial charge is 0.139 e. The van der Waals surface area contributed by atoms with Crippen molar-refractivity contribution in [3.8, 4) is 0 Å². The van der Waals surface area contributed by atoms with Crippen LogP contribution >= 0.6 is 11.3 Å². The molecule has 0 saturated carbocycles. The van der Waals surface area contributed by atoms with Crippen LogP contribution in [-0.2, 0) is 11.3 Å². The van der Waals surface area contributed by atoms with Gasteiger partial charge < -0.3 is 9.87 Å². The van der Waals surface area contributed by atoms with Gasteiger partial charge in [0.05, 0.1) is 11.6 Å². The van der Waals surface area contributed by atoms with Crippen molar-refractivity contribution in [2.75, 3.05) is 5.32 Å². The molecule has 10 heteroatoms. The number of hydrogen-bond donors (Lipinski definition) is 2. The van der Waals surface area contributed by atoms with Gasteiger partial charge in [-0.3, -0.25) is 9.35 Å². The van der Waals surface area contributed by atoms with E-state index in [1.165, 1.54) is 0 Å². The molecule has 0 bridgehead atoms. The van der Waals surface area contributed by atoms with Crippen LogP contribution < -0.4 is 10.5 Å². The molecule has 0 spiro atoms. The summed E-state index contributed by atoms with van der Waals surface area (Å²) in [6.45, 7) is 8.02. The number of hydrogen-bond acceptors (Lipinski definition) is 8. The molecule has 2 unspecified atom stereocenters. The van der Waals surface area contributed by atoms with Crippen LogP contribution in [0, 0.1) is 20.8 Å². The highest BCUT2D eigenvalue weighted by molar-refractivity contribution is 7.76. The third-order valence-electron chi connectivity index (χ3n) is 3.31. The zero-order valence-corrected chi connectivity index (χ0v) is 15.9. The molecule has 8 nitrogen and oxygen atoms in total. The van der Waals surface area contributed by atoms with Gasteiger partial charge in [-0.05, 0) is 39.3 Å². The Balaban J connectivity index is 0.000000511. The van der Waals surface area contributed by atoms with E-state index in [2.05, 4.69) is 50.5 Å². The normalized spacial score (nSPS) is 13.0. The largest absolute Gasteiger partial charge is 0.760 e. The minimum atomic E-state index is -2.36. The van der Waals surface area contributed by atoms with Crippen LogP contribution in [-0.4, -0.2) is 28.9 Å². The van der Waals surface area contributed by atoms with E-state index in [1.54, 1.807) is 11.3 Å². The topological polar surface area (TPSA) is 130 Å². The van der Waals surface area contributed by atoms with Crippen LogP contribution in [0.4, 0.5) is 5.82 Å². The van der Waals surface area contributed by atoms with Gasteiger partial charge in [0.15, 0.2) is 0 Å². The lowest BCUT2D eigenvalue weighted by Gasteiger charge is -2.15. The van der Waals surface area contributed by atoms with Crippen LogP contribution in [0.15, 0.2) is 18.2 Å². The van der Waals surface area contributed by atoms with Gasteiger partial charge in [-0.15, -0.1) is 10.2 Å². The second-order valence-corrected chi connectivity index (χ2v) is 7.11. The lowest BCUT2D eigenvalue weighted by Crippen LogP contribution is -2.10. The quantitative estimate of drug-likeness (QED) is 0.668. The Labute approximate surface area is 152 Å². The van der Waals surface area contributed by atoms with E-state index < -0.39 is 11.3 Å². The van der Waals surface area contributed by atoms with E-state index in [0.717, 1.165) is 38.1 Å². The van der Waals surface area contributed by atoms with Gasteiger partial charge >= 0.3 is 0 Å². The molecule has 134 valence electrons. The van der Waals surface area contributed by atoms with Crippen LogP contribution in [0.2, 0.25) is 0 Å².